The molecule has 0 radical (unpaired) electrons. The maximum atomic E-state index is 13.8. The number of aromatic nitrogens is 6. The average Bonchev–Trinajstić information content (AvgIpc) is 3.86. The summed E-state index contributed by atoms with van der Waals surface area (Å²) >= 11 is 0. The first-order valence-electron chi connectivity index (χ1n) is 19.9. The molecule has 2 aromatic carbocycles. The van der Waals surface area contributed by atoms with E-state index in [1.54, 1.807) is 29.2 Å². The number of benzene rings is 2. The predicted octanol–water partition coefficient (Wildman–Crippen LogP) is 10.8. The SMILES string of the molecule is CC(C)c1ccc(-c2cc(C(=O)NC(C)(C)C)cc(-c3ccnn3C(C)C)n2)cc1.CC(C)n1nccc1-c1cc(C(=O)NC(C)(C)C)cc(-c2ccc(F)c(F)c2)n1. The number of nitrogens with zero attached hydrogens (tertiary/aromatic N) is 6. The molecule has 0 fully saturated rings. The molecule has 0 bridgehead atoms. The van der Waals surface area contributed by atoms with Gasteiger partial charge in [0.1, 0.15) is 0 Å². The van der Waals surface area contributed by atoms with E-state index in [0.29, 0.717) is 34.0 Å². The lowest BCUT2D eigenvalue weighted by molar-refractivity contribution is 0.0910. The van der Waals surface area contributed by atoms with Crippen LogP contribution >= 0.6 is 0 Å². The van der Waals surface area contributed by atoms with Crippen molar-refractivity contribution in [1.29, 1.82) is 0 Å². The lowest BCUT2D eigenvalue weighted by Gasteiger charge is -2.21. The zero-order chi connectivity index (χ0) is 43.4. The average molecular weight is 803 g/mol. The highest BCUT2D eigenvalue weighted by atomic mass is 19.2. The molecule has 0 aliphatic carbocycles. The van der Waals surface area contributed by atoms with Crippen LogP contribution in [0.15, 0.2) is 91.3 Å². The Morgan fingerprint density at radius 1 is 0.542 bits per heavy atom. The van der Waals surface area contributed by atoms with Crippen molar-refractivity contribution in [3.63, 3.8) is 0 Å². The number of carbonyl (C=O) groups is 2. The van der Waals surface area contributed by atoms with E-state index < -0.39 is 17.2 Å². The van der Waals surface area contributed by atoms with Crippen LogP contribution in [-0.2, 0) is 0 Å². The van der Waals surface area contributed by atoms with Crippen LogP contribution in [0.25, 0.3) is 45.3 Å². The standard InChI is InChI=1S/C25H32N4O.C22H24F2N4O/c1-16(2)18-8-10-19(11-9-18)21-14-20(24(30)28-25(5,6)7)15-22(27-21)23-12-13-26-29(23)17(3)4;1-13(2)28-20(8-9-25-28)19-12-15(21(29)27-22(3,4)5)11-18(26-19)14-6-7-16(23)17(24)10-14/h8-17H,1-7H3,(H,28,30);6-13H,1-5H3,(H,27,29). The molecule has 12 heteroatoms. The monoisotopic (exact) mass is 802 g/mol. The van der Waals surface area contributed by atoms with Crippen LogP contribution in [-0.4, -0.2) is 52.4 Å². The number of pyridine rings is 2. The first-order chi connectivity index (χ1) is 27.6. The van der Waals surface area contributed by atoms with Gasteiger partial charge in [0, 0.05) is 57.8 Å². The van der Waals surface area contributed by atoms with Crippen LogP contribution in [0.4, 0.5) is 8.78 Å². The van der Waals surface area contributed by atoms with Gasteiger partial charge < -0.3 is 10.6 Å². The van der Waals surface area contributed by atoms with Crippen LogP contribution < -0.4 is 10.6 Å². The molecule has 2 N–H and O–H groups in total. The van der Waals surface area contributed by atoms with Gasteiger partial charge in [0.05, 0.1) is 34.2 Å². The molecule has 0 spiro atoms. The van der Waals surface area contributed by atoms with Gasteiger partial charge in [0.25, 0.3) is 11.8 Å². The molecule has 0 saturated carbocycles. The quantitative estimate of drug-likeness (QED) is 0.150. The summed E-state index contributed by atoms with van der Waals surface area (Å²) in [4.78, 5) is 35.3. The molecule has 4 aromatic heterocycles. The Labute approximate surface area is 346 Å². The minimum atomic E-state index is -0.970. The summed E-state index contributed by atoms with van der Waals surface area (Å²) < 4.78 is 30.9. The van der Waals surface area contributed by atoms with E-state index in [2.05, 4.69) is 77.8 Å². The summed E-state index contributed by atoms with van der Waals surface area (Å²) in [6.07, 6.45) is 3.44. The third-order valence-electron chi connectivity index (χ3n) is 9.08. The Hall–Kier alpha value is -6.04. The Balaban J connectivity index is 0.000000224. The van der Waals surface area contributed by atoms with Gasteiger partial charge in [-0.25, -0.2) is 18.7 Å². The van der Waals surface area contributed by atoms with Crippen molar-refractivity contribution in [2.45, 2.75) is 112 Å². The molecule has 59 heavy (non-hydrogen) atoms. The molecule has 2 amide bonds. The summed E-state index contributed by atoms with van der Waals surface area (Å²) in [6, 6.07) is 23.0. The fraction of sp³-hybridized carbons (Fsp3) is 0.362. The van der Waals surface area contributed by atoms with Gasteiger partial charge in [-0.2, -0.15) is 10.2 Å². The topological polar surface area (TPSA) is 120 Å². The zero-order valence-corrected chi connectivity index (χ0v) is 36.1. The van der Waals surface area contributed by atoms with Crippen LogP contribution in [0, 0.1) is 11.6 Å². The van der Waals surface area contributed by atoms with Crippen LogP contribution in [0.3, 0.4) is 0 Å². The van der Waals surface area contributed by atoms with E-state index >= 15 is 0 Å². The molecular weight excluding hydrogens is 747 g/mol. The summed E-state index contributed by atoms with van der Waals surface area (Å²) in [6.45, 7) is 24.1. The van der Waals surface area contributed by atoms with Crippen molar-refractivity contribution < 1.29 is 18.4 Å². The molecule has 0 unspecified atom stereocenters. The van der Waals surface area contributed by atoms with Gasteiger partial charge in [-0.15, -0.1) is 0 Å². The van der Waals surface area contributed by atoms with E-state index in [9.17, 15) is 18.4 Å². The molecule has 6 aromatic rings. The second-order valence-corrected chi connectivity index (χ2v) is 17.6. The van der Waals surface area contributed by atoms with E-state index in [0.717, 1.165) is 40.5 Å². The largest absolute Gasteiger partial charge is 0.347 e. The third-order valence-corrected chi connectivity index (χ3v) is 9.08. The van der Waals surface area contributed by atoms with E-state index in [1.807, 2.05) is 84.3 Å². The number of carbonyl (C=O) groups excluding carboxylic acids is 2. The highest BCUT2D eigenvalue weighted by Crippen LogP contribution is 2.30. The Morgan fingerprint density at radius 3 is 1.34 bits per heavy atom. The van der Waals surface area contributed by atoms with Crippen molar-refractivity contribution >= 4 is 11.8 Å². The number of nitrogens with one attached hydrogen (secondary N) is 2. The number of amides is 2. The Kier molecular flexibility index (Phi) is 13.3. The molecule has 310 valence electrons. The lowest BCUT2D eigenvalue weighted by Crippen LogP contribution is -2.40. The van der Waals surface area contributed by atoms with Gasteiger partial charge in [-0.3, -0.25) is 19.0 Å². The second-order valence-electron chi connectivity index (χ2n) is 17.6. The summed E-state index contributed by atoms with van der Waals surface area (Å²) in [5.74, 6) is -1.83. The van der Waals surface area contributed by atoms with Gasteiger partial charge >= 0.3 is 0 Å². The first kappa shape index (κ1) is 44.1. The minimum absolute atomic E-state index is 0.0839. The Bertz CT molecular complexity index is 2420. The molecular formula is C47H56F2N8O2. The van der Waals surface area contributed by atoms with E-state index in [-0.39, 0.29) is 29.4 Å². The highest BCUT2D eigenvalue weighted by molar-refractivity contribution is 5.97. The maximum Gasteiger partial charge on any atom is 0.251 e. The van der Waals surface area contributed by atoms with Crippen molar-refractivity contribution in [2.75, 3.05) is 0 Å². The highest BCUT2D eigenvalue weighted by Gasteiger charge is 2.22. The summed E-state index contributed by atoms with van der Waals surface area (Å²) in [5, 5.41) is 14.7. The van der Waals surface area contributed by atoms with Crippen LogP contribution in [0.1, 0.15) is 127 Å². The van der Waals surface area contributed by atoms with E-state index in [4.69, 9.17) is 4.98 Å². The number of rotatable bonds is 9. The van der Waals surface area contributed by atoms with Crippen molar-refractivity contribution in [3.8, 4) is 45.3 Å². The normalized spacial score (nSPS) is 11.8. The minimum Gasteiger partial charge on any atom is -0.347 e. The van der Waals surface area contributed by atoms with Crippen LogP contribution in [0.2, 0.25) is 0 Å². The fourth-order valence-corrected chi connectivity index (χ4v) is 6.26. The van der Waals surface area contributed by atoms with Crippen molar-refractivity contribution in [2.24, 2.45) is 0 Å². The summed E-state index contributed by atoms with van der Waals surface area (Å²) in [5.41, 5.74) is 6.91. The lowest BCUT2D eigenvalue weighted by atomic mass is 9.99. The van der Waals surface area contributed by atoms with Crippen LogP contribution in [0.5, 0.6) is 0 Å². The van der Waals surface area contributed by atoms with Gasteiger partial charge in [-0.1, -0.05) is 38.1 Å². The zero-order valence-electron chi connectivity index (χ0n) is 36.1. The number of hydrogen-bond donors (Lipinski definition) is 2. The maximum absolute atomic E-state index is 13.8. The molecule has 6 rings (SSSR count). The second kappa shape index (κ2) is 17.8. The van der Waals surface area contributed by atoms with Gasteiger partial charge in [0.15, 0.2) is 11.6 Å². The van der Waals surface area contributed by atoms with Crippen molar-refractivity contribution in [3.05, 3.63) is 120 Å². The molecule has 4 heterocycles. The number of hydrogen-bond acceptors (Lipinski definition) is 6. The summed E-state index contributed by atoms with van der Waals surface area (Å²) in [7, 11) is 0. The number of halogens is 2. The molecule has 0 saturated heterocycles. The fourth-order valence-electron chi connectivity index (χ4n) is 6.26. The Morgan fingerprint density at radius 2 is 0.949 bits per heavy atom. The smallest absolute Gasteiger partial charge is 0.251 e. The molecule has 0 aliphatic heterocycles. The van der Waals surface area contributed by atoms with Crippen molar-refractivity contribution in [1.82, 2.24) is 40.2 Å². The van der Waals surface area contributed by atoms with E-state index in [1.165, 1.54) is 11.6 Å². The third kappa shape index (κ3) is 11.3. The predicted molar refractivity (Wildman–Crippen MR) is 231 cm³/mol. The van der Waals surface area contributed by atoms with Gasteiger partial charge in [-0.05, 0) is 135 Å². The molecule has 10 nitrogen and oxygen atoms in total. The first-order valence-corrected chi connectivity index (χ1v) is 19.9. The van der Waals surface area contributed by atoms with Gasteiger partial charge in [0.2, 0.25) is 0 Å². The molecule has 0 aliphatic rings. The molecule has 0 atom stereocenters.